The Morgan fingerprint density at radius 3 is 2.06 bits per heavy atom. The van der Waals surface area contributed by atoms with Crippen LogP contribution in [0.4, 0.5) is 0 Å². The number of fused-ring (bicyclic) bond motifs is 3. The van der Waals surface area contributed by atoms with Gasteiger partial charge >= 0.3 is 194 Å². The van der Waals surface area contributed by atoms with Crippen LogP contribution in [0.15, 0.2) is 51.8 Å². The van der Waals surface area contributed by atoms with Crippen molar-refractivity contribution in [2.24, 2.45) is 0 Å². The van der Waals surface area contributed by atoms with E-state index in [0.717, 1.165) is 6.42 Å². The molecule has 0 saturated heterocycles. The van der Waals surface area contributed by atoms with Gasteiger partial charge in [-0.05, 0) is 0 Å². The molecule has 0 bridgehead atoms. The molecule has 0 radical (unpaired) electrons. The number of hydrogen-bond donors (Lipinski definition) is 0. The third-order valence-electron chi connectivity index (χ3n) is 6.73. The second-order valence-electron chi connectivity index (χ2n) is 11.5. The van der Waals surface area contributed by atoms with Crippen LogP contribution in [0.1, 0.15) is 70.2 Å². The fourth-order valence-corrected chi connectivity index (χ4v) is 23.9. The zero-order valence-corrected chi connectivity index (χ0v) is 26.0. The molecule has 0 aromatic heterocycles. The van der Waals surface area contributed by atoms with Crippen LogP contribution in [-0.4, -0.2) is 5.92 Å². The van der Waals surface area contributed by atoms with Crippen LogP contribution >= 0.6 is 0 Å². The van der Waals surface area contributed by atoms with Crippen LogP contribution in [0.5, 0.6) is 0 Å². The molecule has 2 aromatic rings. The van der Waals surface area contributed by atoms with Crippen molar-refractivity contribution >= 4 is 9.19 Å². The molecule has 0 unspecified atom stereocenters. The van der Waals surface area contributed by atoms with Crippen molar-refractivity contribution in [3.05, 3.63) is 74.1 Å². The summed E-state index contributed by atoms with van der Waals surface area (Å²) < 4.78 is 3.66. The van der Waals surface area contributed by atoms with Gasteiger partial charge in [-0.25, -0.2) is 0 Å². The van der Waals surface area contributed by atoms with Crippen molar-refractivity contribution in [2.45, 2.75) is 78.3 Å². The van der Waals surface area contributed by atoms with Crippen molar-refractivity contribution in [1.82, 2.24) is 0 Å². The normalized spacial score (nSPS) is 14.5. The summed E-state index contributed by atoms with van der Waals surface area (Å²) in [6, 6.07) is 12.3. The van der Waals surface area contributed by atoms with Gasteiger partial charge in [0.25, 0.3) is 0 Å². The van der Waals surface area contributed by atoms with Crippen LogP contribution in [-0.2, 0) is 38.2 Å². The zero-order valence-electron chi connectivity index (χ0n) is 20.9. The topological polar surface area (TPSA) is 0 Å². The van der Waals surface area contributed by atoms with Gasteiger partial charge in [-0.15, -0.1) is 0 Å². The quantitative estimate of drug-likeness (QED) is 0.416. The van der Waals surface area contributed by atoms with E-state index >= 15 is 0 Å². The maximum atomic E-state index is 2.67. The van der Waals surface area contributed by atoms with Gasteiger partial charge in [-0.3, -0.25) is 0 Å². The predicted octanol–water partition coefficient (Wildman–Crippen LogP) is 0.932. The van der Waals surface area contributed by atoms with Crippen molar-refractivity contribution in [1.29, 1.82) is 0 Å². The third-order valence-corrected chi connectivity index (χ3v) is 25.6. The Morgan fingerprint density at radius 2 is 1.53 bits per heavy atom. The van der Waals surface area contributed by atoms with E-state index in [1.165, 1.54) is 23.1 Å². The average molecular weight is 564 g/mol. The first-order valence-electron chi connectivity index (χ1n) is 11.5. The van der Waals surface area contributed by atoms with Gasteiger partial charge in [0.2, 0.25) is 0 Å². The van der Waals surface area contributed by atoms with Crippen molar-refractivity contribution < 1.29 is 45.7 Å². The van der Waals surface area contributed by atoms with Gasteiger partial charge in [0.1, 0.15) is 0 Å². The average Bonchev–Trinajstić information content (AvgIpc) is 3.27. The van der Waals surface area contributed by atoms with E-state index < -0.39 is 26.8 Å². The SMILES string of the molecule is C[SiH](C)[Zr+2]([C]1=CC=CC1)[c]1cc(C(C)(C)C)cc2c1Cc1c-2cccc1C(C)(C)C.[Cl-].[Cl-]. The molecule has 32 heavy (non-hydrogen) atoms. The number of benzene rings is 2. The Labute approximate surface area is 217 Å². The second kappa shape index (κ2) is 10.1. The summed E-state index contributed by atoms with van der Waals surface area (Å²) in [5.74, 6) is -0.730. The summed E-state index contributed by atoms with van der Waals surface area (Å²) in [6.07, 6.45) is 9.54. The summed E-state index contributed by atoms with van der Waals surface area (Å²) in [7, 11) is 0. The number of allylic oxidation sites excluding steroid dienone is 4. The molecule has 171 valence electrons. The Hall–Kier alpha value is -0.400. The predicted molar refractivity (Wildman–Crippen MR) is 132 cm³/mol. The molecule has 0 aliphatic heterocycles. The summed E-state index contributed by atoms with van der Waals surface area (Å²) in [5.41, 5.74) is 9.79. The monoisotopic (exact) mass is 561 g/mol. The molecular formula is C28H37Cl2SiZr. The molecule has 4 heteroatoms. The van der Waals surface area contributed by atoms with Crippen LogP contribution in [0.3, 0.4) is 0 Å². The van der Waals surface area contributed by atoms with Crippen LogP contribution < -0.4 is 28.1 Å². The van der Waals surface area contributed by atoms with E-state index in [2.05, 4.69) is 103 Å². The summed E-state index contributed by atoms with van der Waals surface area (Å²) in [6.45, 7) is 19.5. The van der Waals surface area contributed by atoms with Gasteiger partial charge in [-0.2, -0.15) is 0 Å². The summed E-state index contributed by atoms with van der Waals surface area (Å²) >= 11 is -1.84. The first-order valence-corrected chi connectivity index (χ1v) is 21.1. The fraction of sp³-hybridized carbons (Fsp3) is 0.429. The molecule has 0 N–H and O–H groups in total. The minimum atomic E-state index is -1.84. The minimum absolute atomic E-state index is 0. The molecule has 0 spiro atoms. The van der Waals surface area contributed by atoms with Gasteiger partial charge in [0.15, 0.2) is 0 Å². The Bertz CT molecular complexity index is 1050. The summed E-state index contributed by atoms with van der Waals surface area (Å²) in [4.78, 5) is 0. The fourth-order valence-electron chi connectivity index (χ4n) is 5.19. The maximum Gasteiger partial charge on any atom is -1.00 e. The van der Waals surface area contributed by atoms with Gasteiger partial charge in [-0.1, -0.05) is 0 Å². The van der Waals surface area contributed by atoms with E-state index in [9.17, 15) is 0 Å². The van der Waals surface area contributed by atoms with E-state index in [1.807, 2.05) is 6.55 Å². The van der Waals surface area contributed by atoms with Crippen LogP contribution in [0.25, 0.3) is 11.1 Å². The Kier molecular flexibility index (Phi) is 8.76. The van der Waals surface area contributed by atoms with Crippen molar-refractivity contribution in [3.63, 3.8) is 0 Å². The number of halogens is 2. The smallest absolute Gasteiger partial charge is 1.00 e. The molecule has 0 atom stereocenters. The molecule has 0 fully saturated rings. The van der Waals surface area contributed by atoms with E-state index in [4.69, 9.17) is 0 Å². The molecule has 0 heterocycles. The minimum Gasteiger partial charge on any atom is -1.00 e. The molecule has 0 saturated carbocycles. The Morgan fingerprint density at radius 1 is 0.844 bits per heavy atom. The van der Waals surface area contributed by atoms with Gasteiger partial charge < -0.3 is 24.8 Å². The maximum absolute atomic E-state index is 2.67. The van der Waals surface area contributed by atoms with Gasteiger partial charge in [0, 0.05) is 0 Å². The summed E-state index contributed by atoms with van der Waals surface area (Å²) in [5, 5.41) is 0. The van der Waals surface area contributed by atoms with Crippen molar-refractivity contribution in [2.75, 3.05) is 0 Å². The Balaban J connectivity index is 0.00000181. The molecule has 0 amide bonds. The van der Waals surface area contributed by atoms with E-state index in [0.29, 0.717) is 0 Å². The molecule has 2 aliphatic rings. The molecular weight excluding hydrogens is 527 g/mol. The van der Waals surface area contributed by atoms with Crippen LogP contribution in [0.2, 0.25) is 13.1 Å². The number of hydrogen-bond acceptors (Lipinski definition) is 0. The van der Waals surface area contributed by atoms with E-state index in [-0.39, 0.29) is 35.6 Å². The van der Waals surface area contributed by atoms with Crippen LogP contribution in [0, 0.1) is 0 Å². The second-order valence-corrected chi connectivity index (χ2v) is 30.6. The molecule has 2 aliphatic carbocycles. The molecule has 4 rings (SSSR count). The van der Waals surface area contributed by atoms with Gasteiger partial charge in [0.05, 0.1) is 0 Å². The first-order chi connectivity index (χ1) is 14.0. The largest absolute Gasteiger partial charge is 1.00 e. The zero-order chi connectivity index (χ0) is 21.8. The number of rotatable bonds is 3. The first kappa shape index (κ1) is 27.8. The molecule has 2 aromatic carbocycles. The standard InChI is InChI=1S/C21H25.C5H5.C2H7Si.2ClH.Zr/c1-20(2,3)15-11-10-14-12-18-16(17(14)13-15)8-7-9-19(18)21(4,5)6;1-2-4-5-3-1;1-3-2;;;/h7-9,11,13H,12H2,1-6H3;1-3H,4H2;3H,1-2H3;2*1H;/q;;;;;+2/p-2. The van der Waals surface area contributed by atoms with Crippen molar-refractivity contribution in [3.8, 4) is 11.1 Å². The molecule has 0 nitrogen and oxygen atoms in total. The third kappa shape index (κ3) is 5.14. The van der Waals surface area contributed by atoms with E-state index in [1.54, 1.807) is 16.7 Å².